The first-order valence-electron chi connectivity index (χ1n) is 6.71. The van der Waals surface area contributed by atoms with Crippen molar-refractivity contribution in [2.24, 2.45) is 5.92 Å². The lowest BCUT2D eigenvalue weighted by atomic mass is 9.79. The summed E-state index contributed by atoms with van der Waals surface area (Å²) in [7, 11) is 0. The van der Waals surface area contributed by atoms with E-state index in [0.29, 0.717) is 0 Å². The molecule has 1 nitrogen and oxygen atoms in total. The molecule has 2 rings (SSSR count). The summed E-state index contributed by atoms with van der Waals surface area (Å²) in [5.74, 6) is 1.76. The summed E-state index contributed by atoms with van der Waals surface area (Å²) in [5, 5.41) is 0. The molecular formula is C14H25NS. The van der Waals surface area contributed by atoms with Gasteiger partial charge in [-0.2, -0.15) is 0 Å². The Bertz CT molecular complexity index is 285. The van der Waals surface area contributed by atoms with Crippen LogP contribution in [0.25, 0.3) is 0 Å². The van der Waals surface area contributed by atoms with Crippen LogP contribution in [0.3, 0.4) is 0 Å². The van der Waals surface area contributed by atoms with E-state index in [1.54, 1.807) is 11.3 Å². The SMILES string of the molecule is CC.CCC1CCC(c2ncsc2C)CC1. The molecule has 92 valence electrons. The summed E-state index contributed by atoms with van der Waals surface area (Å²) in [6.07, 6.45) is 6.92. The zero-order valence-electron chi connectivity index (χ0n) is 11.1. The van der Waals surface area contributed by atoms with Gasteiger partial charge in [0, 0.05) is 10.8 Å². The van der Waals surface area contributed by atoms with Gasteiger partial charge in [0.2, 0.25) is 0 Å². The average molecular weight is 239 g/mol. The molecule has 1 aliphatic rings. The molecule has 0 radical (unpaired) electrons. The van der Waals surface area contributed by atoms with Gasteiger partial charge < -0.3 is 0 Å². The molecule has 1 saturated carbocycles. The van der Waals surface area contributed by atoms with E-state index in [9.17, 15) is 0 Å². The van der Waals surface area contributed by atoms with E-state index in [4.69, 9.17) is 0 Å². The average Bonchev–Trinajstić information content (AvgIpc) is 2.78. The molecule has 0 atom stereocenters. The normalized spacial score (nSPS) is 24.8. The highest BCUT2D eigenvalue weighted by Gasteiger charge is 2.23. The van der Waals surface area contributed by atoms with Gasteiger partial charge in [-0.05, 0) is 38.5 Å². The van der Waals surface area contributed by atoms with E-state index in [0.717, 1.165) is 11.8 Å². The van der Waals surface area contributed by atoms with Crippen LogP contribution < -0.4 is 0 Å². The summed E-state index contributed by atoms with van der Waals surface area (Å²) >= 11 is 1.79. The maximum atomic E-state index is 4.51. The number of aromatic nitrogens is 1. The minimum atomic E-state index is 0.768. The number of rotatable bonds is 2. The Balaban J connectivity index is 0.000000606. The van der Waals surface area contributed by atoms with Crippen molar-refractivity contribution in [2.45, 2.75) is 65.7 Å². The minimum Gasteiger partial charge on any atom is -0.249 e. The number of nitrogens with zero attached hydrogens (tertiary/aromatic N) is 1. The molecule has 0 spiro atoms. The summed E-state index contributed by atoms with van der Waals surface area (Å²) in [5.41, 5.74) is 3.39. The summed E-state index contributed by atoms with van der Waals surface area (Å²) in [6.45, 7) is 8.53. The van der Waals surface area contributed by atoms with Crippen molar-refractivity contribution in [3.8, 4) is 0 Å². The highest BCUT2D eigenvalue weighted by Crippen LogP contribution is 2.37. The first-order valence-corrected chi connectivity index (χ1v) is 7.59. The summed E-state index contributed by atoms with van der Waals surface area (Å²) < 4.78 is 0. The van der Waals surface area contributed by atoms with Crippen LogP contribution in [0.15, 0.2) is 5.51 Å². The highest BCUT2D eigenvalue weighted by atomic mass is 32.1. The smallest absolute Gasteiger partial charge is 0.0797 e. The van der Waals surface area contributed by atoms with Crippen LogP contribution in [0, 0.1) is 12.8 Å². The number of thiazole rings is 1. The molecule has 1 aromatic rings. The van der Waals surface area contributed by atoms with Gasteiger partial charge in [0.15, 0.2) is 0 Å². The molecule has 1 aromatic heterocycles. The molecular weight excluding hydrogens is 214 g/mol. The van der Waals surface area contributed by atoms with Crippen molar-refractivity contribution in [1.29, 1.82) is 0 Å². The predicted octanol–water partition coefficient (Wildman–Crippen LogP) is 5.16. The number of aryl methyl sites for hydroxylation is 1. The van der Waals surface area contributed by atoms with E-state index < -0.39 is 0 Å². The lowest BCUT2D eigenvalue weighted by Gasteiger charge is -2.27. The second-order valence-electron chi connectivity index (χ2n) is 4.42. The summed E-state index contributed by atoms with van der Waals surface area (Å²) in [4.78, 5) is 5.94. The Labute approximate surface area is 104 Å². The van der Waals surface area contributed by atoms with Gasteiger partial charge in [-0.25, -0.2) is 4.98 Å². The van der Waals surface area contributed by atoms with Crippen molar-refractivity contribution in [2.75, 3.05) is 0 Å². The third kappa shape index (κ3) is 3.31. The lowest BCUT2D eigenvalue weighted by molar-refractivity contribution is 0.315. The van der Waals surface area contributed by atoms with E-state index in [-0.39, 0.29) is 0 Å². The number of hydrogen-bond acceptors (Lipinski definition) is 2. The maximum Gasteiger partial charge on any atom is 0.0797 e. The molecule has 0 bridgehead atoms. The number of hydrogen-bond donors (Lipinski definition) is 0. The Morgan fingerprint density at radius 1 is 1.25 bits per heavy atom. The van der Waals surface area contributed by atoms with Gasteiger partial charge in [-0.3, -0.25) is 0 Å². The first kappa shape index (κ1) is 13.7. The van der Waals surface area contributed by atoms with E-state index >= 15 is 0 Å². The Morgan fingerprint density at radius 2 is 1.88 bits per heavy atom. The van der Waals surface area contributed by atoms with Crippen molar-refractivity contribution in [3.05, 3.63) is 16.1 Å². The monoisotopic (exact) mass is 239 g/mol. The fourth-order valence-corrected chi connectivity index (χ4v) is 3.21. The van der Waals surface area contributed by atoms with Crippen molar-refractivity contribution in [3.63, 3.8) is 0 Å². The van der Waals surface area contributed by atoms with Gasteiger partial charge in [-0.1, -0.05) is 27.2 Å². The molecule has 0 saturated heterocycles. The Hall–Kier alpha value is -0.370. The topological polar surface area (TPSA) is 12.9 Å². The van der Waals surface area contributed by atoms with Gasteiger partial charge in [0.05, 0.1) is 11.2 Å². The van der Waals surface area contributed by atoms with E-state index in [1.165, 1.54) is 42.7 Å². The quantitative estimate of drug-likeness (QED) is 0.694. The molecule has 0 N–H and O–H groups in total. The zero-order valence-corrected chi connectivity index (χ0v) is 11.9. The maximum absolute atomic E-state index is 4.51. The first-order chi connectivity index (χ1) is 7.81. The van der Waals surface area contributed by atoms with Crippen molar-refractivity contribution in [1.82, 2.24) is 4.98 Å². The third-order valence-electron chi connectivity index (χ3n) is 3.59. The van der Waals surface area contributed by atoms with E-state index in [2.05, 4.69) is 18.8 Å². The van der Waals surface area contributed by atoms with Crippen LogP contribution in [0.5, 0.6) is 0 Å². The molecule has 1 heterocycles. The lowest BCUT2D eigenvalue weighted by Crippen LogP contribution is -2.13. The predicted molar refractivity (Wildman–Crippen MR) is 73.2 cm³/mol. The van der Waals surface area contributed by atoms with Crippen LogP contribution in [0.1, 0.15) is 69.4 Å². The van der Waals surface area contributed by atoms with Gasteiger partial charge in [0.25, 0.3) is 0 Å². The second-order valence-corrected chi connectivity index (χ2v) is 5.48. The molecule has 0 amide bonds. The standard InChI is InChI=1S/C12H19NS.C2H6/c1-3-10-4-6-11(7-5-10)12-9(2)14-8-13-12;1-2/h8,10-11H,3-7H2,1-2H3;1-2H3. The van der Waals surface area contributed by atoms with Crippen LogP contribution in [-0.4, -0.2) is 4.98 Å². The molecule has 16 heavy (non-hydrogen) atoms. The molecule has 2 heteroatoms. The fraction of sp³-hybridized carbons (Fsp3) is 0.786. The zero-order chi connectivity index (χ0) is 12.0. The molecule has 1 fully saturated rings. The van der Waals surface area contributed by atoms with Gasteiger partial charge in [0.1, 0.15) is 0 Å². The minimum absolute atomic E-state index is 0.768. The highest BCUT2D eigenvalue weighted by molar-refractivity contribution is 7.09. The van der Waals surface area contributed by atoms with Crippen molar-refractivity contribution >= 4 is 11.3 Å². The largest absolute Gasteiger partial charge is 0.249 e. The Morgan fingerprint density at radius 3 is 2.31 bits per heavy atom. The molecule has 0 aromatic carbocycles. The third-order valence-corrected chi connectivity index (χ3v) is 4.37. The van der Waals surface area contributed by atoms with Crippen LogP contribution in [-0.2, 0) is 0 Å². The van der Waals surface area contributed by atoms with Crippen LogP contribution in [0.2, 0.25) is 0 Å². The summed E-state index contributed by atoms with van der Waals surface area (Å²) in [6, 6.07) is 0. The van der Waals surface area contributed by atoms with Crippen LogP contribution >= 0.6 is 11.3 Å². The van der Waals surface area contributed by atoms with Crippen molar-refractivity contribution < 1.29 is 0 Å². The molecule has 1 aliphatic carbocycles. The van der Waals surface area contributed by atoms with Gasteiger partial charge in [-0.15, -0.1) is 11.3 Å². The van der Waals surface area contributed by atoms with E-state index in [1.807, 2.05) is 19.4 Å². The van der Waals surface area contributed by atoms with Gasteiger partial charge >= 0.3 is 0 Å². The molecule has 0 unspecified atom stereocenters. The van der Waals surface area contributed by atoms with Crippen LogP contribution in [0.4, 0.5) is 0 Å². The second kappa shape index (κ2) is 7.05. The molecule has 0 aliphatic heterocycles. The fourth-order valence-electron chi connectivity index (χ4n) is 2.55. The Kier molecular flexibility index (Phi) is 6.04.